The summed E-state index contributed by atoms with van der Waals surface area (Å²) in [4.78, 5) is 17.1. The lowest BCUT2D eigenvalue weighted by Crippen LogP contribution is -2.44. The van der Waals surface area contributed by atoms with Crippen LogP contribution < -0.4 is 10.2 Å². The maximum Gasteiger partial charge on any atom is 0.226 e. The maximum atomic E-state index is 12.4. The topological polar surface area (TPSA) is 81.1 Å². The van der Waals surface area contributed by atoms with Crippen molar-refractivity contribution in [1.29, 1.82) is 0 Å². The zero-order valence-electron chi connectivity index (χ0n) is 14.4. The number of carbonyl (C=O) groups is 1. The van der Waals surface area contributed by atoms with Gasteiger partial charge in [0.15, 0.2) is 0 Å². The highest BCUT2D eigenvalue weighted by Gasteiger charge is 2.32. The van der Waals surface area contributed by atoms with E-state index < -0.39 is 0 Å². The number of anilines is 2. The van der Waals surface area contributed by atoms with Crippen molar-refractivity contribution in [2.75, 3.05) is 10.2 Å². The molecule has 1 amide bonds. The molecule has 1 N–H and O–H groups in total. The molecule has 6 heteroatoms. The van der Waals surface area contributed by atoms with Gasteiger partial charge in [0.25, 0.3) is 0 Å². The molecule has 1 aliphatic heterocycles. The van der Waals surface area contributed by atoms with Crippen LogP contribution >= 0.6 is 0 Å². The summed E-state index contributed by atoms with van der Waals surface area (Å²) in [6.45, 7) is 3.98. The van der Waals surface area contributed by atoms with Crippen molar-refractivity contribution in [2.45, 2.75) is 38.8 Å². The van der Waals surface area contributed by atoms with Crippen LogP contribution in [-0.2, 0) is 4.79 Å². The van der Waals surface area contributed by atoms with Crippen molar-refractivity contribution in [3.63, 3.8) is 0 Å². The lowest BCUT2D eigenvalue weighted by molar-refractivity contribution is -0.118. The molecule has 0 bridgehead atoms. The maximum absolute atomic E-state index is 12.4. The number of azide groups is 1. The Morgan fingerprint density at radius 3 is 2.68 bits per heavy atom. The second-order valence-electron chi connectivity index (χ2n) is 6.19. The Morgan fingerprint density at radius 2 is 2.00 bits per heavy atom. The van der Waals surface area contributed by atoms with E-state index in [1.54, 1.807) is 12.1 Å². The van der Waals surface area contributed by atoms with Gasteiger partial charge in [-0.15, -0.1) is 0 Å². The number of amides is 1. The quantitative estimate of drug-likeness (QED) is 0.466. The van der Waals surface area contributed by atoms with E-state index in [-0.39, 0.29) is 18.0 Å². The molecule has 0 saturated carbocycles. The van der Waals surface area contributed by atoms with E-state index in [2.05, 4.69) is 28.3 Å². The molecule has 2 aromatic carbocycles. The lowest BCUT2D eigenvalue weighted by atomic mass is 9.91. The molecular formula is C19H21N5O. The van der Waals surface area contributed by atoms with E-state index in [0.717, 1.165) is 23.4 Å². The molecule has 1 heterocycles. The van der Waals surface area contributed by atoms with Crippen LogP contribution in [0.3, 0.4) is 0 Å². The number of benzene rings is 2. The van der Waals surface area contributed by atoms with Gasteiger partial charge in [-0.25, -0.2) is 0 Å². The Balaban J connectivity index is 1.89. The van der Waals surface area contributed by atoms with Gasteiger partial charge >= 0.3 is 0 Å². The summed E-state index contributed by atoms with van der Waals surface area (Å²) in [5.41, 5.74) is 12.1. The average Bonchev–Trinajstić information content (AvgIpc) is 2.63. The van der Waals surface area contributed by atoms with Gasteiger partial charge in [0.05, 0.1) is 6.04 Å². The van der Waals surface area contributed by atoms with Crippen LogP contribution in [0.5, 0.6) is 0 Å². The number of para-hydroxylation sites is 1. The minimum absolute atomic E-state index is 0.123. The van der Waals surface area contributed by atoms with Crippen LogP contribution in [0.4, 0.5) is 17.1 Å². The Hall–Kier alpha value is -2.98. The molecule has 0 aromatic heterocycles. The molecule has 25 heavy (non-hydrogen) atoms. The molecular weight excluding hydrogens is 314 g/mol. The minimum atomic E-state index is 0.123. The smallest absolute Gasteiger partial charge is 0.226 e. The van der Waals surface area contributed by atoms with Crippen molar-refractivity contribution >= 4 is 23.0 Å². The highest BCUT2D eigenvalue weighted by atomic mass is 16.2. The van der Waals surface area contributed by atoms with Crippen LogP contribution in [0.25, 0.3) is 10.4 Å². The van der Waals surface area contributed by atoms with Crippen LogP contribution in [0.15, 0.2) is 53.6 Å². The van der Waals surface area contributed by atoms with Gasteiger partial charge in [0.1, 0.15) is 0 Å². The van der Waals surface area contributed by atoms with Gasteiger partial charge in [-0.1, -0.05) is 42.4 Å². The lowest BCUT2D eigenvalue weighted by Gasteiger charge is -2.40. The summed E-state index contributed by atoms with van der Waals surface area (Å²) < 4.78 is 0. The van der Waals surface area contributed by atoms with Gasteiger partial charge in [-0.3, -0.25) is 4.79 Å². The first-order valence-corrected chi connectivity index (χ1v) is 8.46. The van der Waals surface area contributed by atoms with Crippen molar-refractivity contribution in [3.05, 3.63) is 64.5 Å². The molecule has 0 spiro atoms. The highest BCUT2D eigenvalue weighted by molar-refractivity contribution is 5.95. The van der Waals surface area contributed by atoms with E-state index in [1.165, 1.54) is 0 Å². The average molecular weight is 335 g/mol. The van der Waals surface area contributed by atoms with Crippen molar-refractivity contribution in [2.24, 2.45) is 5.11 Å². The first-order chi connectivity index (χ1) is 12.1. The number of nitrogens with zero attached hydrogens (tertiary/aromatic N) is 4. The van der Waals surface area contributed by atoms with E-state index in [9.17, 15) is 4.79 Å². The third kappa shape index (κ3) is 3.44. The van der Waals surface area contributed by atoms with Crippen LogP contribution in [-0.4, -0.2) is 11.9 Å². The van der Waals surface area contributed by atoms with Crippen molar-refractivity contribution in [1.82, 2.24) is 0 Å². The predicted octanol–water partition coefficient (Wildman–Crippen LogP) is 5.32. The van der Waals surface area contributed by atoms with Crippen LogP contribution in [0.1, 0.15) is 38.3 Å². The SMILES string of the molecule is CCC(=O)N1c2ccccc2[C@H](Nc2ccc(N=[N+]=[N-])cc2)C[C@@H]1C. The fourth-order valence-corrected chi connectivity index (χ4v) is 3.38. The first-order valence-electron chi connectivity index (χ1n) is 8.46. The van der Waals surface area contributed by atoms with Crippen molar-refractivity contribution < 1.29 is 4.79 Å². The summed E-state index contributed by atoms with van der Waals surface area (Å²) in [5, 5.41) is 7.13. The summed E-state index contributed by atoms with van der Waals surface area (Å²) >= 11 is 0. The molecule has 0 unspecified atom stereocenters. The summed E-state index contributed by atoms with van der Waals surface area (Å²) in [6.07, 6.45) is 1.33. The highest BCUT2D eigenvalue weighted by Crippen LogP contribution is 2.39. The van der Waals surface area contributed by atoms with E-state index in [1.807, 2.05) is 42.2 Å². The van der Waals surface area contributed by atoms with Crippen LogP contribution in [0.2, 0.25) is 0 Å². The van der Waals surface area contributed by atoms with Crippen LogP contribution in [0, 0.1) is 0 Å². The number of hydrogen-bond donors (Lipinski definition) is 1. The van der Waals surface area contributed by atoms with Gasteiger partial charge in [-0.2, -0.15) is 0 Å². The number of nitrogens with one attached hydrogen (secondary N) is 1. The molecule has 2 aromatic rings. The Labute approximate surface area is 147 Å². The van der Waals surface area contributed by atoms with Gasteiger partial charge < -0.3 is 10.2 Å². The fraction of sp³-hybridized carbons (Fsp3) is 0.316. The molecule has 2 atom stereocenters. The van der Waals surface area contributed by atoms with Crippen molar-refractivity contribution in [3.8, 4) is 0 Å². The third-order valence-corrected chi connectivity index (χ3v) is 4.53. The molecule has 3 rings (SSSR count). The number of rotatable bonds is 4. The number of hydrogen-bond acceptors (Lipinski definition) is 3. The van der Waals surface area contributed by atoms with E-state index >= 15 is 0 Å². The Bertz CT molecular complexity index is 811. The number of fused-ring (bicyclic) bond motifs is 1. The first kappa shape index (κ1) is 16.9. The summed E-state index contributed by atoms with van der Waals surface area (Å²) in [5.74, 6) is 0.150. The standard InChI is InChI=1S/C19H21N5O/c1-3-19(25)24-13(2)12-17(16-6-4-5-7-18(16)24)21-14-8-10-15(11-9-14)22-23-20/h4-11,13,17,21H,3,12H2,1-2H3/t13-,17+/m0/s1. The van der Waals surface area contributed by atoms with Gasteiger partial charge in [0.2, 0.25) is 5.91 Å². The second kappa shape index (κ2) is 7.28. The molecule has 0 aliphatic carbocycles. The zero-order valence-corrected chi connectivity index (χ0v) is 14.4. The monoisotopic (exact) mass is 335 g/mol. The molecule has 128 valence electrons. The summed E-state index contributed by atoms with van der Waals surface area (Å²) in [6, 6.07) is 15.7. The van der Waals surface area contributed by atoms with E-state index in [4.69, 9.17) is 5.53 Å². The third-order valence-electron chi connectivity index (χ3n) is 4.53. The van der Waals surface area contributed by atoms with E-state index in [0.29, 0.717) is 12.1 Å². The summed E-state index contributed by atoms with van der Waals surface area (Å²) in [7, 11) is 0. The number of carbonyl (C=O) groups excluding carboxylic acids is 1. The normalized spacial score (nSPS) is 18.9. The van der Waals surface area contributed by atoms with Gasteiger partial charge in [0, 0.05) is 34.4 Å². The predicted molar refractivity (Wildman–Crippen MR) is 99.9 cm³/mol. The Morgan fingerprint density at radius 1 is 1.28 bits per heavy atom. The molecule has 0 radical (unpaired) electrons. The molecule has 1 aliphatic rings. The zero-order chi connectivity index (χ0) is 17.8. The van der Waals surface area contributed by atoms with Gasteiger partial charge in [-0.05, 0) is 42.6 Å². The molecule has 0 fully saturated rings. The molecule has 6 nitrogen and oxygen atoms in total. The fourth-order valence-electron chi connectivity index (χ4n) is 3.38. The largest absolute Gasteiger partial charge is 0.378 e. The minimum Gasteiger partial charge on any atom is -0.378 e. The Kier molecular flexibility index (Phi) is 4.91. The molecule has 0 saturated heterocycles. The second-order valence-corrected chi connectivity index (χ2v) is 6.19.